The number of para-hydroxylation sites is 1. The first-order valence-corrected chi connectivity index (χ1v) is 6.46. The van der Waals surface area contributed by atoms with Gasteiger partial charge >= 0.3 is 0 Å². The number of benzene rings is 1. The number of aliphatic hydroxyl groups excluding tert-OH is 1. The number of rotatable bonds is 5. The van der Waals surface area contributed by atoms with E-state index in [0.29, 0.717) is 19.0 Å². The van der Waals surface area contributed by atoms with Crippen LogP contribution in [0.1, 0.15) is 12.8 Å². The molecule has 1 aromatic rings. The van der Waals surface area contributed by atoms with Crippen LogP contribution in [0, 0.1) is 11.7 Å². The minimum absolute atomic E-state index is 0.0990. The lowest BCUT2D eigenvalue weighted by molar-refractivity contribution is -0.132. The van der Waals surface area contributed by atoms with E-state index in [2.05, 4.69) is 0 Å². The number of hydrogen-bond acceptors (Lipinski definition) is 3. The van der Waals surface area contributed by atoms with Crippen molar-refractivity contribution < 1.29 is 19.0 Å². The van der Waals surface area contributed by atoms with Crippen LogP contribution in [0.15, 0.2) is 24.3 Å². The molecular weight excluding hydrogens is 249 g/mol. The summed E-state index contributed by atoms with van der Waals surface area (Å²) >= 11 is 0. The summed E-state index contributed by atoms with van der Waals surface area (Å²) in [4.78, 5) is 13.6. The topological polar surface area (TPSA) is 49.8 Å². The normalized spacial score (nSPS) is 18.6. The monoisotopic (exact) mass is 267 g/mol. The van der Waals surface area contributed by atoms with Gasteiger partial charge in [-0.1, -0.05) is 12.1 Å². The van der Waals surface area contributed by atoms with E-state index < -0.39 is 5.82 Å². The molecule has 4 nitrogen and oxygen atoms in total. The van der Waals surface area contributed by atoms with Crippen molar-refractivity contribution in [1.29, 1.82) is 0 Å². The second kappa shape index (κ2) is 6.52. The van der Waals surface area contributed by atoms with Crippen LogP contribution in [-0.2, 0) is 4.79 Å². The van der Waals surface area contributed by atoms with Crippen molar-refractivity contribution >= 4 is 5.91 Å². The fraction of sp³-hybridized carbons (Fsp3) is 0.500. The van der Waals surface area contributed by atoms with Crippen molar-refractivity contribution in [3.8, 4) is 5.75 Å². The summed E-state index contributed by atoms with van der Waals surface area (Å²) in [5.74, 6) is -0.136. The Hall–Kier alpha value is -1.62. The van der Waals surface area contributed by atoms with Crippen molar-refractivity contribution in [1.82, 2.24) is 4.90 Å². The van der Waals surface area contributed by atoms with E-state index in [1.165, 1.54) is 12.1 Å². The van der Waals surface area contributed by atoms with Crippen molar-refractivity contribution in [3.05, 3.63) is 30.1 Å². The number of likely N-dealkylation sites (tertiary alicyclic amines) is 1. The third-order valence-corrected chi connectivity index (χ3v) is 3.36. The maximum atomic E-state index is 13.3. The molecule has 0 spiro atoms. The Balaban J connectivity index is 1.81. The van der Waals surface area contributed by atoms with Gasteiger partial charge in [-0.25, -0.2) is 4.39 Å². The Morgan fingerprint density at radius 1 is 1.47 bits per heavy atom. The number of ether oxygens (including phenoxy) is 1. The molecule has 1 saturated heterocycles. The molecule has 0 aliphatic carbocycles. The summed E-state index contributed by atoms with van der Waals surface area (Å²) in [5.41, 5.74) is 0. The molecule has 1 N–H and O–H groups in total. The largest absolute Gasteiger partial charge is 0.481 e. The molecule has 1 aliphatic rings. The number of halogens is 1. The van der Waals surface area contributed by atoms with Gasteiger partial charge in [0.1, 0.15) is 0 Å². The number of aliphatic hydroxyl groups is 1. The van der Waals surface area contributed by atoms with E-state index in [4.69, 9.17) is 9.84 Å². The molecule has 1 aliphatic heterocycles. The van der Waals surface area contributed by atoms with Crippen LogP contribution < -0.4 is 4.74 Å². The van der Waals surface area contributed by atoms with Crippen LogP contribution in [0.3, 0.4) is 0 Å². The number of carbonyl (C=O) groups excluding carboxylic acids is 1. The van der Waals surface area contributed by atoms with Crippen LogP contribution in [-0.4, -0.2) is 42.2 Å². The molecule has 104 valence electrons. The lowest BCUT2D eigenvalue weighted by atomic mass is 10.1. The van der Waals surface area contributed by atoms with Gasteiger partial charge in [0.25, 0.3) is 5.91 Å². The fourth-order valence-electron chi connectivity index (χ4n) is 2.27. The van der Waals surface area contributed by atoms with Crippen LogP contribution in [0.5, 0.6) is 5.75 Å². The summed E-state index contributed by atoms with van der Waals surface area (Å²) in [6, 6.07) is 6.04. The Labute approximate surface area is 111 Å². The number of hydrogen-bond donors (Lipinski definition) is 1. The van der Waals surface area contributed by atoms with Crippen molar-refractivity contribution in [2.45, 2.75) is 12.8 Å². The molecule has 1 unspecified atom stereocenters. The van der Waals surface area contributed by atoms with Crippen LogP contribution in [0.25, 0.3) is 0 Å². The highest BCUT2D eigenvalue weighted by Crippen LogP contribution is 2.20. The molecule has 1 atom stereocenters. The summed E-state index contributed by atoms with van der Waals surface area (Å²) in [5, 5.41) is 8.86. The molecule has 19 heavy (non-hydrogen) atoms. The van der Waals surface area contributed by atoms with Crippen molar-refractivity contribution in [3.63, 3.8) is 0 Å². The standard InChI is InChI=1S/C14H18FNO3/c15-12-3-1-2-4-13(12)19-10-14(18)16-7-5-11(9-16)6-8-17/h1-4,11,17H,5-10H2. The minimum Gasteiger partial charge on any atom is -0.481 e. The highest BCUT2D eigenvalue weighted by molar-refractivity contribution is 5.78. The third kappa shape index (κ3) is 3.67. The van der Waals surface area contributed by atoms with Gasteiger partial charge in [0.2, 0.25) is 0 Å². The smallest absolute Gasteiger partial charge is 0.260 e. The Morgan fingerprint density at radius 2 is 2.26 bits per heavy atom. The first-order chi connectivity index (χ1) is 9.20. The molecule has 0 bridgehead atoms. The SMILES string of the molecule is O=C(COc1ccccc1F)N1CCC(CCO)C1. The Morgan fingerprint density at radius 3 is 3.00 bits per heavy atom. The predicted molar refractivity (Wildman–Crippen MR) is 68.3 cm³/mol. The van der Waals surface area contributed by atoms with Gasteiger partial charge in [0.05, 0.1) is 0 Å². The van der Waals surface area contributed by atoms with Gasteiger partial charge in [-0.05, 0) is 30.9 Å². The minimum atomic E-state index is -0.463. The van der Waals surface area contributed by atoms with E-state index in [0.717, 1.165) is 12.8 Å². The van der Waals surface area contributed by atoms with Crippen molar-refractivity contribution in [2.75, 3.05) is 26.3 Å². The first-order valence-electron chi connectivity index (χ1n) is 6.46. The average Bonchev–Trinajstić information content (AvgIpc) is 2.87. The third-order valence-electron chi connectivity index (χ3n) is 3.36. The van der Waals surface area contributed by atoms with Crippen LogP contribution in [0.4, 0.5) is 4.39 Å². The quantitative estimate of drug-likeness (QED) is 0.878. The molecule has 0 radical (unpaired) electrons. The predicted octanol–water partition coefficient (Wildman–Crippen LogP) is 1.44. The molecule has 1 amide bonds. The van der Waals surface area contributed by atoms with Gasteiger partial charge in [0.15, 0.2) is 18.2 Å². The second-order valence-electron chi connectivity index (χ2n) is 4.73. The van der Waals surface area contributed by atoms with Crippen LogP contribution >= 0.6 is 0 Å². The van der Waals surface area contributed by atoms with Gasteiger partial charge in [-0.15, -0.1) is 0 Å². The molecule has 2 rings (SSSR count). The highest BCUT2D eigenvalue weighted by atomic mass is 19.1. The van der Waals surface area contributed by atoms with E-state index in [1.54, 1.807) is 17.0 Å². The Kier molecular flexibility index (Phi) is 4.74. The molecule has 0 saturated carbocycles. The zero-order valence-corrected chi connectivity index (χ0v) is 10.7. The summed E-state index contributed by atoms with van der Waals surface area (Å²) < 4.78 is 18.5. The molecule has 0 aromatic heterocycles. The fourth-order valence-corrected chi connectivity index (χ4v) is 2.27. The maximum absolute atomic E-state index is 13.3. The van der Waals surface area contributed by atoms with E-state index >= 15 is 0 Å². The zero-order valence-electron chi connectivity index (χ0n) is 10.7. The first kappa shape index (κ1) is 13.8. The summed E-state index contributed by atoms with van der Waals surface area (Å²) in [6.45, 7) is 1.34. The molecule has 5 heteroatoms. The second-order valence-corrected chi connectivity index (χ2v) is 4.73. The highest BCUT2D eigenvalue weighted by Gasteiger charge is 2.25. The zero-order chi connectivity index (χ0) is 13.7. The van der Waals surface area contributed by atoms with Crippen LogP contribution in [0.2, 0.25) is 0 Å². The van der Waals surface area contributed by atoms with Gasteiger partial charge in [-0.3, -0.25) is 4.79 Å². The molecule has 1 heterocycles. The van der Waals surface area contributed by atoms with Gasteiger partial charge in [0, 0.05) is 19.7 Å². The maximum Gasteiger partial charge on any atom is 0.260 e. The van der Waals surface area contributed by atoms with Gasteiger partial charge in [-0.2, -0.15) is 0 Å². The number of nitrogens with zero attached hydrogens (tertiary/aromatic N) is 1. The molecular formula is C14H18FNO3. The van der Waals surface area contributed by atoms with E-state index in [1.807, 2.05) is 0 Å². The van der Waals surface area contributed by atoms with Gasteiger partial charge < -0.3 is 14.7 Å². The van der Waals surface area contributed by atoms with E-state index in [9.17, 15) is 9.18 Å². The summed E-state index contributed by atoms with van der Waals surface area (Å²) in [7, 11) is 0. The Bertz CT molecular complexity index is 438. The lowest BCUT2D eigenvalue weighted by Gasteiger charge is -2.16. The number of carbonyl (C=O) groups is 1. The lowest BCUT2D eigenvalue weighted by Crippen LogP contribution is -2.33. The molecule has 1 aromatic carbocycles. The number of amides is 1. The van der Waals surface area contributed by atoms with E-state index in [-0.39, 0.29) is 24.9 Å². The summed E-state index contributed by atoms with van der Waals surface area (Å²) in [6.07, 6.45) is 1.63. The van der Waals surface area contributed by atoms with Crippen molar-refractivity contribution in [2.24, 2.45) is 5.92 Å². The average molecular weight is 267 g/mol. The molecule has 1 fully saturated rings.